The van der Waals surface area contributed by atoms with Gasteiger partial charge in [0.25, 0.3) is 0 Å². The van der Waals surface area contributed by atoms with Crippen molar-refractivity contribution in [3.63, 3.8) is 0 Å². The van der Waals surface area contributed by atoms with Crippen molar-refractivity contribution in [3.05, 3.63) is 54.1 Å². The van der Waals surface area contributed by atoms with E-state index in [0.29, 0.717) is 11.5 Å². The minimum absolute atomic E-state index is 0.00590. The molecule has 0 aliphatic carbocycles. The molecule has 2 heterocycles. The third-order valence-corrected chi connectivity index (χ3v) is 5.87. The summed E-state index contributed by atoms with van der Waals surface area (Å²) in [4.78, 5) is 12.0. The maximum absolute atomic E-state index is 12.0. The normalized spacial score (nSPS) is 12.9. The Morgan fingerprint density at radius 2 is 2.00 bits per heavy atom. The molecule has 0 aliphatic heterocycles. The van der Waals surface area contributed by atoms with Crippen molar-refractivity contribution in [3.8, 4) is 5.75 Å². The first-order valence-corrected chi connectivity index (χ1v) is 10.3. The molecule has 1 unspecified atom stereocenters. The summed E-state index contributed by atoms with van der Waals surface area (Å²) in [5.41, 5.74) is 0.971. The smallest absolute Gasteiger partial charge is 0.374 e. The van der Waals surface area contributed by atoms with Crippen LogP contribution in [0.25, 0.3) is 10.9 Å². The SMILES string of the molecule is CC(COC(=O)c1ccc(COc2cccc3ccn(C)c23)o1)S(C)(=O)=O. The van der Waals surface area contributed by atoms with Crippen LogP contribution < -0.4 is 4.74 Å². The van der Waals surface area contributed by atoms with E-state index < -0.39 is 21.1 Å². The number of rotatable bonds is 7. The second kappa shape index (κ2) is 7.48. The number of ether oxygens (including phenoxy) is 2. The quantitative estimate of drug-likeness (QED) is 0.576. The van der Waals surface area contributed by atoms with Crippen LogP contribution in [0.1, 0.15) is 23.2 Å². The third-order valence-electron chi connectivity index (χ3n) is 4.27. The monoisotopic (exact) mass is 391 g/mol. The van der Waals surface area contributed by atoms with E-state index in [0.717, 1.165) is 17.2 Å². The fourth-order valence-electron chi connectivity index (χ4n) is 2.54. The molecule has 0 saturated heterocycles. The first-order chi connectivity index (χ1) is 12.8. The topological polar surface area (TPSA) is 87.7 Å². The molecule has 0 amide bonds. The number of hydrogen-bond donors (Lipinski definition) is 0. The Balaban J connectivity index is 1.62. The fraction of sp³-hybridized carbons (Fsp3) is 0.316. The van der Waals surface area contributed by atoms with Crippen molar-refractivity contribution in [1.82, 2.24) is 4.57 Å². The minimum atomic E-state index is -3.26. The van der Waals surface area contributed by atoms with Crippen LogP contribution in [0.4, 0.5) is 0 Å². The standard InChI is InChI=1S/C19H21NO6S/c1-13(27(3,22)23)11-25-19(21)17-8-7-15(26-17)12-24-16-6-4-5-14-9-10-20(2)18(14)16/h4-10,13H,11-12H2,1-3H3. The van der Waals surface area contributed by atoms with E-state index in [2.05, 4.69) is 0 Å². The van der Waals surface area contributed by atoms with Gasteiger partial charge in [0.2, 0.25) is 5.76 Å². The minimum Gasteiger partial charge on any atom is -0.483 e. The number of sulfone groups is 1. The molecule has 0 fully saturated rings. The van der Waals surface area contributed by atoms with Gasteiger partial charge < -0.3 is 18.5 Å². The van der Waals surface area contributed by atoms with Gasteiger partial charge >= 0.3 is 5.97 Å². The van der Waals surface area contributed by atoms with Gasteiger partial charge in [-0.1, -0.05) is 12.1 Å². The van der Waals surface area contributed by atoms with Crippen molar-refractivity contribution < 1.29 is 27.1 Å². The van der Waals surface area contributed by atoms with E-state index >= 15 is 0 Å². The highest BCUT2D eigenvalue weighted by Gasteiger charge is 2.19. The van der Waals surface area contributed by atoms with Crippen molar-refractivity contribution in [1.29, 1.82) is 0 Å². The number of hydrogen-bond acceptors (Lipinski definition) is 6. The van der Waals surface area contributed by atoms with Gasteiger partial charge in [-0.2, -0.15) is 0 Å². The van der Waals surface area contributed by atoms with Crippen molar-refractivity contribution in [2.24, 2.45) is 7.05 Å². The molecule has 0 N–H and O–H groups in total. The zero-order valence-corrected chi connectivity index (χ0v) is 16.2. The molecule has 3 rings (SSSR count). The van der Waals surface area contributed by atoms with Crippen molar-refractivity contribution in [2.45, 2.75) is 18.8 Å². The Kier molecular flexibility index (Phi) is 5.27. The molecular weight excluding hydrogens is 370 g/mol. The number of nitrogens with zero attached hydrogens (tertiary/aromatic N) is 1. The second-order valence-electron chi connectivity index (χ2n) is 6.41. The predicted octanol–water partition coefficient (Wildman–Crippen LogP) is 2.94. The molecule has 0 radical (unpaired) electrons. The number of fused-ring (bicyclic) bond motifs is 1. The van der Waals surface area contributed by atoms with E-state index in [1.54, 1.807) is 6.07 Å². The molecule has 0 spiro atoms. The van der Waals surface area contributed by atoms with E-state index in [1.807, 2.05) is 42.1 Å². The number of aryl methyl sites for hydroxylation is 1. The number of furan rings is 1. The van der Waals surface area contributed by atoms with Gasteiger partial charge in [-0.25, -0.2) is 13.2 Å². The van der Waals surface area contributed by atoms with E-state index in [9.17, 15) is 13.2 Å². The summed E-state index contributed by atoms with van der Waals surface area (Å²) in [6.07, 6.45) is 3.05. The van der Waals surface area contributed by atoms with Gasteiger partial charge in [0.15, 0.2) is 9.84 Å². The molecule has 0 bridgehead atoms. The zero-order chi connectivity index (χ0) is 19.6. The molecule has 3 aromatic rings. The first kappa shape index (κ1) is 19.0. The van der Waals surface area contributed by atoms with Crippen LogP contribution in [0.2, 0.25) is 0 Å². The molecule has 1 aromatic carbocycles. The average molecular weight is 391 g/mol. The molecule has 27 heavy (non-hydrogen) atoms. The number of carbonyl (C=O) groups excluding carboxylic acids is 1. The molecule has 144 valence electrons. The summed E-state index contributed by atoms with van der Waals surface area (Å²) in [5.74, 6) is 0.472. The van der Waals surface area contributed by atoms with Gasteiger partial charge in [-0.3, -0.25) is 0 Å². The average Bonchev–Trinajstić information content (AvgIpc) is 3.24. The van der Waals surface area contributed by atoms with E-state index in [4.69, 9.17) is 13.9 Å². The Bertz CT molecular complexity index is 1060. The molecule has 1 atom stereocenters. The largest absolute Gasteiger partial charge is 0.483 e. The molecule has 8 heteroatoms. The van der Waals surface area contributed by atoms with Crippen LogP contribution in [-0.2, 0) is 28.2 Å². The number of para-hydroxylation sites is 1. The predicted molar refractivity (Wildman–Crippen MR) is 101 cm³/mol. The molecule has 0 aliphatic rings. The third kappa shape index (κ3) is 4.33. The number of carbonyl (C=O) groups is 1. The van der Waals surface area contributed by atoms with Crippen LogP contribution in [0.5, 0.6) is 5.75 Å². The summed E-state index contributed by atoms with van der Waals surface area (Å²) in [5, 5.41) is 0.295. The molecule has 0 saturated carbocycles. The Hall–Kier alpha value is -2.74. The summed E-state index contributed by atoms with van der Waals surface area (Å²) >= 11 is 0. The van der Waals surface area contributed by atoms with Crippen molar-refractivity contribution in [2.75, 3.05) is 12.9 Å². The summed E-state index contributed by atoms with van der Waals surface area (Å²) < 4.78 is 41.0. The van der Waals surface area contributed by atoms with E-state index in [-0.39, 0.29) is 19.0 Å². The van der Waals surface area contributed by atoms with Gasteiger partial charge in [0.1, 0.15) is 24.7 Å². The van der Waals surface area contributed by atoms with Crippen LogP contribution in [0.15, 0.2) is 47.0 Å². The zero-order valence-electron chi connectivity index (χ0n) is 15.3. The van der Waals surface area contributed by atoms with Crippen LogP contribution >= 0.6 is 0 Å². The lowest BCUT2D eigenvalue weighted by Gasteiger charge is -2.09. The van der Waals surface area contributed by atoms with Gasteiger partial charge in [0, 0.05) is 24.9 Å². The lowest BCUT2D eigenvalue weighted by Crippen LogP contribution is -2.23. The Morgan fingerprint density at radius 1 is 1.22 bits per heavy atom. The highest BCUT2D eigenvalue weighted by atomic mass is 32.2. The number of esters is 1. The maximum Gasteiger partial charge on any atom is 0.374 e. The number of benzene rings is 1. The fourth-order valence-corrected chi connectivity index (χ4v) is 2.85. The molecule has 2 aromatic heterocycles. The summed E-state index contributed by atoms with van der Waals surface area (Å²) in [6, 6.07) is 10.9. The molecular formula is C19H21NO6S. The van der Waals surface area contributed by atoms with Gasteiger partial charge in [0.05, 0.1) is 10.8 Å². The van der Waals surface area contributed by atoms with Crippen molar-refractivity contribution >= 4 is 26.7 Å². The lowest BCUT2D eigenvalue weighted by atomic mass is 10.2. The first-order valence-electron chi connectivity index (χ1n) is 8.37. The maximum atomic E-state index is 12.0. The van der Waals surface area contributed by atoms with Crippen LogP contribution in [0, 0.1) is 0 Å². The van der Waals surface area contributed by atoms with Gasteiger partial charge in [-0.15, -0.1) is 0 Å². The summed E-state index contributed by atoms with van der Waals surface area (Å²) in [6.45, 7) is 1.41. The van der Waals surface area contributed by atoms with Gasteiger partial charge in [-0.05, 0) is 31.2 Å². The summed E-state index contributed by atoms with van der Waals surface area (Å²) in [7, 11) is -1.32. The molecule has 7 nitrogen and oxygen atoms in total. The van der Waals surface area contributed by atoms with E-state index in [1.165, 1.54) is 13.0 Å². The Labute approximate surface area is 157 Å². The van der Waals surface area contributed by atoms with Crippen LogP contribution in [0.3, 0.4) is 0 Å². The lowest BCUT2D eigenvalue weighted by molar-refractivity contribution is 0.0468. The Morgan fingerprint density at radius 3 is 2.74 bits per heavy atom. The second-order valence-corrected chi connectivity index (χ2v) is 8.88. The van der Waals surface area contributed by atoms with Crippen LogP contribution in [-0.4, -0.2) is 37.1 Å². The highest BCUT2D eigenvalue weighted by molar-refractivity contribution is 7.91. The number of aromatic nitrogens is 1. The highest BCUT2D eigenvalue weighted by Crippen LogP contribution is 2.26.